The lowest BCUT2D eigenvalue weighted by atomic mass is 9.93. The van der Waals surface area contributed by atoms with Crippen molar-refractivity contribution in [2.24, 2.45) is 5.92 Å². The smallest absolute Gasteiger partial charge is 0.304 e. The molecular weight excluding hydrogens is 1080 g/mol. The number of aliphatic hydroxyl groups is 1. The number of fused-ring (bicyclic) bond motifs is 1. The average Bonchev–Trinajstić information content (AvgIpc) is 4.48. The highest BCUT2D eigenvalue weighted by Crippen LogP contribution is 2.33. The molecule has 6 heterocycles. The maximum Gasteiger partial charge on any atom is 0.304 e. The Balaban J connectivity index is 0.000000346. The number of carbonyl (C=O) groups excluding carboxylic acids is 5. The number of aromatic nitrogens is 3. The van der Waals surface area contributed by atoms with Crippen LogP contribution < -0.4 is 26.2 Å². The molecule has 3 atom stereocenters. The Bertz CT molecular complexity index is 2450. The molecule has 3 saturated heterocycles. The van der Waals surface area contributed by atoms with Crippen molar-refractivity contribution < 1.29 is 43.7 Å². The summed E-state index contributed by atoms with van der Waals surface area (Å²) in [5, 5.41) is 36.4. The number of carboxylic acid groups (broad SMARTS) is 1. The molecule has 3 fully saturated rings. The minimum absolute atomic E-state index is 0.0581. The number of rotatable bonds is 32. The van der Waals surface area contributed by atoms with Gasteiger partial charge in [0.15, 0.2) is 0 Å². The number of aliphatic hydroxyl groups excluding tert-OH is 1. The highest BCUT2D eigenvalue weighted by molar-refractivity contribution is 5.77. The molecule has 20 heteroatoms. The number of carboxylic acids is 1. The number of hydrogen-bond donors (Lipinski definition) is 6. The molecule has 20 nitrogen and oxygen atoms in total. The quantitative estimate of drug-likeness (QED) is 0.0256. The molecule has 2 aromatic heterocycles. The van der Waals surface area contributed by atoms with Gasteiger partial charge in [-0.1, -0.05) is 52.5 Å². The fourth-order valence-electron chi connectivity index (χ4n) is 11.3. The molecule has 5 amide bonds. The minimum Gasteiger partial charge on any atom is -0.481 e. The summed E-state index contributed by atoms with van der Waals surface area (Å²) < 4.78 is 6.21. The zero-order chi connectivity index (χ0) is 61.8. The van der Waals surface area contributed by atoms with Crippen LogP contribution in [0.4, 0.5) is 11.5 Å². The van der Waals surface area contributed by atoms with E-state index in [1.54, 1.807) is 24.0 Å². The number of unbranched alkanes of at least 4 members (excludes halogenated alkanes) is 7. The zero-order valence-corrected chi connectivity index (χ0v) is 52.9. The van der Waals surface area contributed by atoms with Crippen molar-refractivity contribution in [3.05, 3.63) is 64.6 Å². The van der Waals surface area contributed by atoms with Crippen LogP contribution in [0.5, 0.6) is 0 Å². The highest BCUT2D eigenvalue weighted by atomic mass is 16.4. The standard InChI is InChI=1S/C34H45N7O3.C27H50N4O5.C2H6O.C2H6/c1-24-16-25(2)41(37-24)32-18-28(17-31(20-32)40-14-12-38(23-42)13-15-40)29(19-33(43)44)22-39-11-9-26(21-39)5-7-30-8-6-27-4-3-10-35-34(27)36-30;1-2-3-13-24(33)28-18-10-4-7-14-25(34)29-19-11-5-8-15-26(35)30-20-12-6-9-16-27(36)31-21-17-23(32)22-31;1-3-2;1-2/h6,8,16-18,20,23,26,29H,3-5,7,9-15,19,21-22H2,1-2H3,(H,35,36)(H,43,44);23,32H,2-22H2,1H3,(H,28,33)(H,29,34)(H,30,35);1-2H3;1-2H3. The first-order valence-corrected chi connectivity index (χ1v) is 32.1. The van der Waals surface area contributed by atoms with Gasteiger partial charge in [0.05, 0.1) is 23.9 Å². The van der Waals surface area contributed by atoms with E-state index in [-0.39, 0.29) is 42.1 Å². The number of likely N-dealkylation sites (tertiary alicyclic amines) is 2. The van der Waals surface area contributed by atoms with Gasteiger partial charge in [-0.2, -0.15) is 5.10 Å². The van der Waals surface area contributed by atoms with E-state index < -0.39 is 5.97 Å². The number of β-amino-alcohol motifs (C(OH)–C–C–N with tert-alkyl or cyclic N) is 1. The van der Waals surface area contributed by atoms with E-state index in [4.69, 9.17) is 10.1 Å². The van der Waals surface area contributed by atoms with Crippen molar-refractivity contribution in [2.75, 3.05) is 110 Å². The van der Waals surface area contributed by atoms with Crippen LogP contribution in [-0.2, 0) is 46.3 Å². The molecule has 0 spiro atoms. The van der Waals surface area contributed by atoms with Gasteiger partial charge in [-0.05, 0) is 151 Å². The molecule has 1 aromatic carbocycles. The second-order valence-electron chi connectivity index (χ2n) is 23.1. The number of nitrogens with zero attached hydrogens (tertiary/aromatic N) is 7. The predicted octanol–water partition coefficient (Wildman–Crippen LogP) is 8.12. The van der Waals surface area contributed by atoms with E-state index in [0.717, 1.165) is 175 Å². The minimum atomic E-state index is -0.782. The van der Waals surface area contributed by atoms with E-state index in [1.165, 1.54) is 12.0 Å². The summed E-state index contributed by atoms with van der Waals surface area (Å²) in [5.41, 5.74) is 7.49. The summed E-state index contributed by atoms with van der Waals surface area (Å²) in [6.07, 6.45) is 18.6. The fraction of sp³-hybridized carbons (Fsp3) is 0.692. The fourth-order valence-corrected chi connectivity index (χ4v) is 11.3. The second-order valence-corrected chi connectivity index (χ2v) is 23.1. The van der Waals surface area contributed by atoms with Crippen molar-refractivity contribution in [3.8, 4) is 5.69 Å². The number of hydrogen-bond acceptors (Lipinski definition) is 13. The monoisotopic (exact) mass is 1190 g/mol. The Labute approximate surface area is 508 Å². The van der Waals surface area contributed by atoms with Gasteiger partial charge in [0.1, 0.15) is 5.82 Å². The number of amides is 5. The van der Waals surface area contributed by atoms with Gasteiger partial charge >= 0.3 is 5.97 Å². The van der Waals surface area contributed by atoms with E-state index in [2.05, 4.69) is 79.1 Å². The second kappa shape index (κ2) is 41.1. The molecule has 0 radical (unpaired) electrons. The molecule has 3 unspecified atom stereocenters. The summed E-state index contributed by atoms with van der Waals surface area (Å²) in [6.45, 7) is 19.7. The third-order valence-corrected chi connectivity index (χ3v) is 16.0. The van der Waals surface area contributed by atoms with Crippen molar-refractivity contribution >= 4 is 47.5 Å². The normalized spacial score (nSPS) is 16.7. The number of aryl methyl sites for hydroxylation is 4. The summed E-state index contributed by atoms with van der Waals surface area (Å²) in [7, 11) is 3.25. The summed E-state index contributed by atoms with van der Waals surface area (Å²) in [5.74, 6) is 1.08. The number of methoxy groups -OCH3 is 1. The Morgan fingerprint density at radius 3 is 1.93 bits per heavy atom. The van der Waals surface area contributed by atoms with Gasteiger partial charge in [0, 0.05) is 141 Å². The lowest BCUT2D eigenvalue weighted by Crippen LogP contribution is -2.45. The first kappa shape index (κ1) is 71.4. The molecule has 0 aliphatic carbocycles. The first-order valence-electron chi connectivity index (χ1n) is 32.1. The number of benzene rings is 1. The summed E-state index contributed by atoms with van der Waals surface area (Å²) >= 11 is 0. The number of aliphatic carboxylic acids is 1. The van der Waals surface area contributed by atoms with E-state index in [1.807, 2.05) is 32.4 Å². The van der Waals surface area contributed by atoms with Crippen LogP contribution in [0.1, 0.15) is 183 Å². The van der Waals surface area contributed by atoms with Gasteiger partial charge in [0.25, 0.3) is 0 Å². The van der Waals surface area contributed by atoms with Crippen molar-refractivity contribution in [3.63, 3.8) is 0 Å². The Morgan fingerprint density at radius 1 is 0.753 bits per heavy atom. The SMILES string of the molecule is CC.CCCCC(=O)NCCCCCC(=O)NCCCCCC(=O)NCCCCCC(=O)N1CCC(O)C1.COC.Cc1cc(C)n(-c2cc(C(CC(=O)O)CN3CCC(CCc4ccc5c(n4)NCCC5)C3)cc(N3CCN(C=O)CC3)c2)n1. The van der Waals surface area contributed by atoms with Crippen LogP contribution in [0.15, 0.2) is 36.4 Å². The number of nitrogens with one attached hydrogen (secondary N) is 4. The van der Waals surface area contributed by atoms with Gasteiger partial charge in [0.2, 0.25) is 30.0 Å². The van der Waals surface area contributed by atoms with Crippen LogP contribution in [0.3, 0.4) is 0 Å². The number of piperazine rings is 1. The maximum absolute atomic E-state index is 12.2. The largest absolute Gasteiger partial charge is 0.481 e. The summed E-state index contributed by atoms with van der Waals surface area (Å²) in [6, 6.07) is 12.9. The molecule has 4 aliphatic rings. The van der Waals surface area contributed by atoms with Crippen molar-refractivity contribution in [2.45, 2.75) is 188 Å². The van der Waals surface area contributed by atoms with Crippen molar-refractivity contribution in [1.29, 1.82) is 0 Å². The third-order valence-electron chi connectivity index (χ3n) is 16.0. The molecule has 3 aromatic rings. The van der Waals surface area contributed by atoms with E-state index in [0.29, 0.717) is 90.4 Å². The van der Waals surface area contributed by atoms with Crippen LogP contribution in [0.2, 0.25) is 0 Å². The molecule has 0 bridgehead atoms. The molecule has 6 N–H and O–H groups in total. The third kappa shape index (κ3) is 27.4. The van der Waals surface area contributed by atoms with Gasteiger partial charge in [-0.25, -0.2) is 9.67 Å². The molecule has 7 rings (SSSR count). The predicted molar refractivity (Wildman–Crippen MR) is 337 cm³/mol. The Kier molecular flexibility index (Phi) is 34.5. The molecule has 85 heavy (non-hydrogen) atoms. The van der Waals surface area contributed by atoms with Gasteiger partial charge in [-0.3, -0.25) is 28.8 Å². The molecule has 4 aliphatic heterocycles. The molecule has 476 valence electrons. The average molecular weight is 1190 g/mol. The lowest BCUT2D eigenvalue weighted by molar-refractivity contribution is -0.137. The van der Waals surface area contributed by atoms with Crippen LogP contribution in [0, 0.1) is 19.8 Å². The molecule has 0 saturated carbocycles. The summed E-state index contributed by atoms with van der Waals surface area (Å²) in [4.78, 5) is 83.9. The zero-order valence-electron chi connectivity index (χ0n) is 52.9. The number of anilines is 2. The van der Waals surface area contributed by atoms with Crippen LogP contribution >= 0.6 is 0 Å². The Morgan fingerprint density at radius 2 is 1.36 bits per heavy atom. The number of ether oxygens (including phenoxy) is 1. The highest BCUT2D eigenvalue weighted by Gasteiger charge is 2.29. The maximum atomic E-state index is 12.2. The van der Waals surface area contributed by atoms with E-state index in [9.17, 15) is 39.0 Å². The van der Waals surface area contributed by atoms with E-state index >= 15 is 0 Å². The Hall–Kier alpha value is -6.12. The van der Waals surface area contributed by atoms with Gasteiger partial charge in [-0.15, -0.1) is 0 Å². The number of carbonyl (C=O) groups is 6. The lowest BCUT2D eigenvalue weighted by Gasteiger charge is -2.35. The topological polar surface area (TPSA) is 244 Å². The molecular formula is C65H107N11O9. The van der Waals surface area contributed by atoms with Crippen LogP contribution in [-0.4, -0.2) is 181 Å². The van der Waals surface area contributed by atoms with Crippen molar-refractivity contribution in [1.82, 2.24) is 45.4 Å². The van der Waals surface area contributed by atoms with Crippen LogP contribution in [0.25, 0.3) is 5.69 Å². The first-order chi connectivity index (χ1) is 41.2. The van der Waals surface area contributed by atoms with Gasteiger partial charge < -0.3 is 55.8 Å². The number of pyridine rings is 1.